The zero-order valence-electron chi connectivity index (χ0n) is 8.18. The van der Waals surface area contributed by atoms with E-state index in [0.29, 0.717) is 6.61 Å². The van der Waals surface area contributed by atoms with E-state index in [2.05, 4.69) is 6.58 Å². The minimum atomic E-state index is -1.15. The van der Waals surface area contributed by atoms with Crippen LogP contribution in [0.2, 0.25) is 6.04 Å². The van der Waals surface area contributed by atoms with Crippen molar-refractivity contribution in [1.82, 2.24) is 0 Å². The van der Waals surface area contributed by atoms with Gasteiger partial charge >= 0.3 is 0 Å². The maximum atomic E-state index is 9.43. The predicted molar refractivity (Wildman–Crippen MR) is 62.9 cm³/mol. The van der Waals surface area contributed by atoms with Crippen LogP contribution in [-0.4, -0.2) is 44.9 Å². The van der Waals surface area contributed by atoms with Gasteiger partial charge in [-0.05, 0) is 29.1 Å². The zero-order chi connectivity index (χ0) is 9.40. The summed E-state index contributed by atoms with van der Waals surface area (Å²) in [7, 11) is 0.183. The van der Waals surface area contributed by atoms with E-state index in [-0.39, 0.29) is 8.55 Å². The van der Waals surface area contributed by atoms with E-state index in [0.717, 1.165) is 24.6 Å². The second-order valence-corrected chi connectivity index (χ2v) is 18.5. The highest BCUT2D eigenvalue weighted by molar-refractivity contribution is 7.28. The molecule has 0 spiro atoms. The number of hydrogen-bond donors (Lipinski definition) is 1. The molecule has 5 heteroatoms. The molecule has 0 radical (unpaired) electrons. The lowest BCUT2D eigenvalue weighted by Gasteiger charge is -2.05. The quantitative estimate of drug-likeness (QED) is 0.326. The van der Waals surface area contributed by atoms with Gasteiger partial charge in [-0.2, -0.15) is 0 Å². The third-order valence-corrected chi connectivity index (χ3v) is 16.2. The summed E-state index contributed by atoms with van der Waals surface area (Å²) in [6.45, 7) is 7.19. The van der Waals surface area contributed by atoms with Crippen molar-refractivity contribution in [1.29, 1.82) is 0 Å². The summed E-state index contributed by atoms with van der Waals surface area (Å²) in [5.74, 6) is 0. The molecule has 1 unspecified atom stereocenters. The number of hydrogen-bond acceptors (Lipinski definition) is 2. The van der Waals surface area contributed by atoms with Gasteiger partial charge in [-0.25, -0.2) is 0 Å². The fourth-order valence-electron chi connectivity index (χ4n) is 0.872. The number of rotatable bonds is 7. The van der Waals surface area contributed by atoms with Gasteiger partial charge in [-0.15, -0.1) is 0 Å². The van der Waals surface area contributed by atoms with Crippen LogP contribution in [0.4, 0.5) is 0 Å². The third kappa shape index (κ3) is 8.41. The molecule has 0 aromatic carbocycles. The molecule has 0 aromatic heterocycles. The third-order valence-electron chi connectivity index (χ3n) is 1.65. The first kappa shape index (κ1) is 12.3. The SMILES string of the molecule is C=C(C)COCCC[SiH](O)[SiH2][SiH3]. The van der Waals surface area contributed by atoms with Gasteiger partial charge in [0, 0.05) is 15.2 Å². The van der Waals surface area contributed by atoms with Gasteiger partial charge in [0.25, 0.3) is 0 Å². The lowest BCUT2D eigenvalue weighted by molar-refractivity contribution is 0.156. The molecule has 0 aliphatic carbocycles. The summed E-state index contributed by atoms with van der Waals surface area (Å²) in [6.07, 6.45) is 1.05. The maximum absolute atomic E-state index is 9.43. The molecular weight excluding hydrogens is 200 g/mol. The second kappa shape index (κ2) is 7.93. The minimum absolute atomic E-state index is 0.0487. The molecule has 0 saturated carbocycles. The summed E-state index contributed by atoms with van der Waals surface area (Å²) < 4.78 is 5.33. The molecule has 0 heterocycles. The van der Waals surface area contributed by atoms with Crippen molar-refractivity contribution >= 4 is 26.9 Å². The van der Waals surface area contributed by atoms with Gasteiger partial charge in [0.05, 0.1) is 6.61 Å². The van der Waals surface area contributed by atoms with Gasteiger partial charge in [-0.1, -0.05) is 12.2 Å². The summed E-state index contributed by atoms with van der Waals surface area (Å²) in [5.41, 5.74) is 1.07. The molecule has 1 N–H and O–H groups in total. The van der Waals surface area contributed by atoms with Crippen LogP contribution in [-0.2, 0) is 4.74 Å². The Hall–Kier alpha value is 0.311. The Morgan fingerprint density at radius 1 is 1.75 bits per heavy atom. The number of ether oxygens (including phenoxy) is 1. The van der Waals surface area contributed by atoms with Crippen molar-refractivity contribution in [3.8, 4) is 0 Å². The van der Waals surface area contributed by atoms with Crippen molar-refractivity contribution in [2.75, 3.05) is 13.2 Å². The lowest BCUT2D eigenvalue weighted by atomic mass is 10.4. The van der Waals surface area contributed by atoms with Crippen LogP contribution in [0, 0.1) is 0 Å². The molecule has 0 aliphatic rings. The molecule has 0 bridgehead atoms. The van der Waals surface area contributed by atoms with Crippen molar-refractivity contribution in [3.63, 3.8) is 0 Å². The smallest absolute Gasteiger partial charge is 0.150 e. The van der Waals surface area contributed by atoms with Crippen LogP contribution in [0.1, 0.15) is 13.3 Å². The normalized spacial score (nSPS) is 14.2. The van der Waals surface area contributed by atoms with Gasteiger partial charge < -0.3 is 9.53 Å². The minimum Gasteiger partial charge on any atom is -0.439 e. The molecule has 1 atom stereocenters. The van der Waals surface area contributed by atoms with Crippen molar-refractivity contribution in [2.24, 2.45) is 0 Å². The Labute approximate surface area is 81.6 Å². The molecule has 72 valence electrons. The lowest BCUT2D eigenvalue weighted by Crippen LogP contribution is -2.22. The first-order valence-corrected chi connectivity index (χ1v) is 14.8. The molecule has 0 amide bonds. The van der Waals surface area contributed by atoms with E-state index in [1.54, 1.807) is 0 Å². The van der Waals surface area contributed by atoms with Gasteiger partial charge in [0.15, 0.2) is 0 Å². The monoisotopic (exact) mass is 220 g/mol. The summed E-state index contributed by atoms with van der Waals surface area (Å²) >= 11 is 0. The standard InChI is InChI=1S/C7H20O2Si3/c1-7(2)6-9-4-3-5-12(8)11-10/h8,12H,1,3-6,11H2,2,10H3. The Morgan fingerprint density at radius 3 is 2.92 bits per heavy atom. The summed E-state index contributed by atoms with van der Waals surface area (Å²) in [5, 5.41) is 0. The Morgan fingerprint density at radius 2 is 2.42 bits per heavy atom. The topological polar surface area (TPSA) is 29.5 Å². The van der Waals surface area contributed by atoms with E-state index in [9.17, 15) is 4.80 Å². The van der Waals surface area contributed by atoms with Crippen molar-refractivity contribution in [3.05, 3.63) is 12.2 Å². The predicted octanol–water partition coefficient (Wildman–Crippen LogP) is -1.37. The average molecular weight is 220 g/mol. The van der Waals surface area contributed by atoms with Crippen LogP contribution in [0.15, 0.2) is 12.2 Å². The highest BCUT2D eigenvalue weighted by atomic mass is 29.5. The van der Waals surface area contributed by atoms with Gasteiger partial charge in [0.1, 0.15) is 8.56 Å². The van der Waals surface area contributed by atoms with E-state index in [1.165, 1.54) is 9.76 Å². The molecule has 0 aromatic rings. The fraction of sp³-hybridized carbons (Fsp3) is 0.714. The first-order chi connectivity index (χ1) is 5.66. The molecule has 0 aliphatic heterocycles. The first-order valence-electron chi connectivity index (χ1n) is 4.57. The molecule has 0 fully saturated rings. The maximum Gasteiger partial charge on any atom is 0.150 e. The summed E-state index contributed by atoms with van der Waals surface area (Å²) in [4.78, 5) is 9.43. The second-order valence-electron chi connectivity index (χ2n) is 3.21. The van der Waals surface area contributed by atoms with Gasteiger partial charge in [-0.3, -0.25) is 0 Å². The highest BCUT2D eigenvalue weighted by Gasteiger charge is 2.02. The van der Waals surface area contributed by atoms with Crippen LogP contribution in [0.5, 0.6) is 0 Å². The largest absolute Gasteiger partial charge is 0.439 e. The fourth-order valence-corrected chi connectivity index (χ4v) is 7.68. The van der Waals surface area contributed by atoms with Crippen LogP contribution in [0.3, 0.4) is 0 Å². The average Bonchev–Trinajstić information content (AvgIpc) is 2.03. The van der Waals surface area contributed by atoms with E-state index in [1.807, 2.05) is 6.92 Å². The van der Waals surface area contributed by atoms with E-state index < -0.39 is 8.56 Å². The van der Waals surface area contributed by atoms with Crippen molar-refractivity contribution < 1.29 is 9.53 Å². The molecule has 2 nitrogen and oxygen atoms in total. The van der Waals surface area contributed by atoms with E-state index in [4.69, 9.17) is 4.74 Å². The highest BCUT2D eigenvalue weighted by Crippen LogP contribution is 1.95. The summed E-state index contributed by atoms with van der Waals surface area (Å²) in [6, 6.07) is 1.08. The molecular formula is C7H20O2Si3. The van der Waals surface area contributed by atoms with E-state index >= 15 is 0 Å². The van der Waals surface area contributed by atoms with Crippen molar-refractivity contribution in [2.45, 2.75) is 19.4 Å². The Balaban J connectivity index is 3.05. The zero-order valence-corrected chi connectivity index (χ0v) is 12.7. The molecule has 0 rings (SSSR count). The van der Waals surface area contributed by atoms with Crippen LogP contribution >= 0.6 is 0 Å². The Kier molecular flexibility index (Phi) is 8.14. The molecule has 0 saturated heterocycles. The van der Waals surface area contributed by atoms with Crippen LogP contribution in [0.25, 0.3) is 0 Å². The Bertz CT molecular complexity index is 130. The van der Waals surface area contributed by atoms with Gasteiger partial charge in [0.2, 0.25) is 0 Å². The van der Waals surface area contributed by atoms with Crippen LogP contribution < -0.4 is 0 Å². The molecule has 12 heavy (non-hydrogen) atoms.